The zero-order valence-corrected chi connectivity index (χ0v) is 14.2. The predicted octanol–water partition coefficient (Wildman–Crippen LogP) is 3.78. The quantitative estimate of drug-likeness (QED) is 0.591. The van der Waals surface area contributed by atoms with Crippen molar-refractivity contribution in [1.82, 2.24) is 4.98 Å². The molecule has 0 fully saturated rings. The Balaban J connectivity index is 2.00. The Morgan fingerprint density at radius 3 is 2.74 bits per heavy atom. The third-order valence-electron chi connectivity index (χ3n) is 2.72. The fourth-order valence-corrected chi connectivity index (χ4v) is 2.20. The molecule has 0 saturated heterocycles. The molecule has 0 aliphatic heterocycles. The lowest BCUT2D eigenvalue weighted by Gasteiger charge is -2.11. The fraction of sp³-hybridized carbons (Fsp3) is 0.188. The summed E-state index contributed by atoms with van der Waals surface area (Å²) in [6.45, 7) is 3.93. The van der Waals surface area contributed by atoms with E-state index in [1.807, 2.05) is 32.0 Å². The number of ether oxygens (including phenoxy) is 1. The van der Waals surface area contributed by atoms with Crippen LogP contribution in [0.2, 0.25) is 0 Å². The number of rotatable bonds is 6. The molecule has 1 heterocycles. The van der Waals surface area contributed by atoms with Crippen molar-refractivity contribution >= 4 is 33.9 Å². The van der Waals surface area contributed by atoms with Gasteiger partial charge >= 0.3 is 5.97 Å². The Bertz CT molecular complexity index is 715. The maximum atomic E-state index is 10.7. The summed E-state index contributed by atoms with van der Waals surface area (Å²) < 4.78 is 6.49. The van der Waals surface area contributed by atoms with Gasteiger partial charge in [0.2, 0.25) is 0 Å². The van der Waals surface area contributed by atoms with E-state index in [4.69, 9.17) is 9.84 Å². The monoisotopic (exact) mass is 377 g/mol. The Morgan fingerprint density at radius 1 is 1.39 bits per heavy atom. The van der Waals surface area contributed by atoms with E-state index in [9.17, 15) is 4.79 Å². The van der Waals surface area contributed by atoms with Crippen LogP contribution in [0.25, 0.3) is 0 Å². The average Bonchev–Trinajstić information content (AvgIpc) is 2.50. The van der Waals surface area contributed by atoms with Gasteiger partial charge in [-0.05, 0) is 65.7 Å². The number of pyridine rings is 1. The molecule has 2 rings (SSSR count). The molecule has 0 atom stereocenters. The number of halogens is 1. The molecule has 1 aromatic carbocycles. The van der Waals surface area contributed by atoms with E-state index < -0.39 is 5.97 Å². The lowest BCUT2D eigenvalue weighted by molar-refractivity contribution is 0.0696. The molecule has 0 unspecified atom stereocenters. The second-order valence-corrected chi connectivity index (χ2v) is 5.82. The summed E-state index contributed by atoms with van der Waals surface area (Å²) in [6, 6.07) is 8.65. The van der Waals surface area contributed by atoms with Crippen LogP contribution < -0.4 is 10.2 Å². The number of hydrazone groups is 1. The number of nitrogens with one attached hydrogen (secondary N) is 1. The first kappa shape index (κ1) is 17.0. The standard InChI is InChI=1S/C16H16BrN3O3/c1-10(2)23-14-5-3-11(7-13(14)17)8-19-20-15-6-4-12(9-18-15)16(21)22/h3-10H,1-2H3,(H,18,20)(H,21,22)/b19-8+. The van der Waals surface area contributed by atoms with Crippen molar-refractivity contribution < 1.29 is 14.6 Å². The van der Waals surface area contributed by atoms with Gasteiger partial charge in [-0.15, -0.1) is 0 Å². The van der Waals surface area contributed by atoms with Crippen molar-refractivity contribution in [3.8, 4) is 5.75 Å². The van der Waals surface area contributed by atoms with Gasteiger partial charge in [-0.2, -0.15) is 5.10 Å². The van der Waals surface area contributed by atoms with Crippen molar-refractivity contribution in [2.24, 2.45) is 5.10 Å². The van der Waals surface area contributed by atoms with Crippen LogP contribution in [0.15, 0.2) is 46.1 Å². The molecule has 0 amide bonds. The van der Waals surface area contributed by atoms with Crippen molar-refractivity contribution in [2.75, 3.05) is 5.43 Å². The molecule has 0 spiro atoms. The largest absolute Gasteiger partial charge is 0.490 e. The molecule has 1 aromatic heterocycles. The van der Waals surface area contributed by atoms with E-state index in [1.165, 1.54) is 12.3 Å². The van der Waals surface area contributed by atoms with E-state index in [-0.39, 0.29) is 11.7 Å². The fourth-order valence-electron chi connectivity index (χ4n) is 1.71. The normalized spacial score (nSPS) is 11.0. The van der Waals surface area contributed by atoms with E-state index >= 15 is 0 Å². The Hall–Kier alpha value is -2.41. The van der Waals surface area contributed by atoms with Crippen molar-refractivity contribution in [2.45, 2.75) is 20.0 Å². The molecule has 120 valence electrons. The first-order valence-electron chi connectivity index (χ1n) is 6.90. The van der Waals surface area contributed by atoms with Gasteiger partial charge in [0.05, 0.1) is 22.4 Å². The lowest BCUT2D eigenvalue weighted by Crippen LogP contribution is -2.06. The smallest absolute Gasteiger partial charge is 0.337 e. The topological polar surface area (TPSA) is 83.8 Å². The molecule has 0 aliphatic carbocycles. The Kier molecular flexibility index (Phi) is 5.70. The van der Waals surface area contributed by atoms with Crippen LogP contribution in [-0.2, 0) is 0 Å². The summed E-state index contributed by atoms with van der Waals surface area (Å²) in [5, 5.41) is 12.9. The number of hydrogen-bond acceptors (Lipinski definition) is 5. The van der Waals surface area contributed by atoms with E-state index in [0.29, 0.717) is 5.82 Å². The zero-order valence-electron chi connectivity index (χ0n) is 12.7. The minimum absolute atomic E-state index is 0.104. The summed E-state index contributed by atoms with van der Waals surface area (Å²) in [6.07, 6.45) is 3.01. The van der Waals surface area contributed by atoms with Crippen LogP contribution in [0.5, 0.6) is 5.75 Å². The second kappa shape index (κ2) is 7.73. The molecule has 6 nitrogen and oxygen atoms in total. The molecule has 0 aliphatic rings. The number of anilines is 1. The summed E-state index contributed by atoms with van der Waals surface area (Å²) in [4.78, 5) is 14.7. The summed E-state index contributed by atoms with van der Waals surface area (Å²) >= 11 is 3.46. The van der Waals surface area contributed by atoms with Crippen LogP contribution in [0.3, 0.4) is 0 Å². The molecule has 2 aromatic rings. The highest BCUT2D eigenvalue weighted by Crippen LogP contribution is 2.26. The molecule has 0 bridgehead atoms. The molecular weight excluding hydrogens is 362 g/mol. The number of carbonyl (C=O) groups is 1. The van der Waals surface area contributed by atoms with Crippen LogP contribution in [0, 0.1) is 0 Å². The lowest BCUT2D eigenvalue weighted by atomic mass is 10.2. The SMILES string of the molecule is CC(C)Oc1ccc(/C=N/Nc2ccc(C(=O)O)cn2)cc1Br. The number of aromatic nitrogens is 1. The summed E-state index contributed by atoms with van der Waals surface area (Å²) in [5.41, 5.74) is 3.75. The first-order chi connectivity index (χ1) is 11.0. The van der Waals surface area contributed by atoms with Gasteiger partial charge in [-0.25, -0.2) is 9.78 Å². The number of nitrogens with zero attached hydrogens (tertiary/aromatic N) is 2. The highest BCUT2D eigenvalue weighted by atomic mass is 79.9. The molecule has 23 heavy (non-hydrogen) atoms. The number of aromatic carboxylic acids is 1. The Labute approximate surface area is 142 Å². The Morgan fingerprint density at radius 2 is 2.17 bits per heavy atom. The van der Waals surface area contributed by atoms with Gasteiger partial charge in [-0.3, -0.25) is 5.43 Å². The van der Waals surface area contributed by atoms with Gasteiger partial charge in [-0.1, -0.05) is 0 Å². The molecule has 0 radical (unpaired) electrons. The minimum atomic E-state index is -1.01. The number of carboxylic acid groups (broad SMARTS) is 1. The highest BCUT2D eigenvalue weighted by molar-refractivity contribution is 9.10. The van der Waals surface area contributed by atoms with Gasteiger partial charge in [0.15, 0.2) is 0 Å². The van der Waals surface area contributed by atoms with Gasteiger partial charge in [0.1, 0.15) is 11.6 Å². The van der Waals surface area contributed by atoms with Crippen molar-refractivity contribution in [1.29, 1.82) is 0 Å². The van der Waals surface area contributed by atoms with Crippen LogP contribution >= 0.6 is 15.9 Å². The second-order valence-electron chi connectivity index (χ2n) is 4.96. The maximum Gasteiger partial charge on any atom is 0.337 e. The van der Waals surface area contributed by atoms with Crippen LogP contribution in [0.4, 0.5) is 5.82 Å². The van der Waals surface area contributed by atoms with Gasteiger partial charge in [0, 0.05) is 6.20 Å². The van der Waals surface area contributed by atoms with Crippen molar-refractivity contribution in [3.05, 3.63) is 52.1 Å². The minimum Gasteiger partial charge on any atom is -0.490 e. The van der Waals surface area contributed by atoms with Gasteiger partial charge < -0.3 is 9.84 Å². The van der Waals surface area contributed by atoms with E-state index in [1.54, 1.807) is 12.3 Å². The zero-order chi connectivity index (χ0) is 16.8. The average molecular weight is 378 g/mol. The van der Waals surface area contributed by atoms with E-state index in [2.05, 4.69) is 31.4 Å². The number of benzene rings is 1. The molecule has 0 saturated carbocycles. The predicted molar refractivity (Wildman–Crippen MR) is 92.3 cm³/mol. The maximum absolute atomic E-state index is 10.7. The highest BCUT2D eigenvalue weighted by Gasteiger charge is 2.04. The van der Waals surface area contributed by atoms with E-state index in [0.717, 1.165) is 15.8 Å². The van der Waals surface area contributed by atoms with Crippen LogP contribution in [-0.4, -0.2) is 28.4 Å². The number of carboxylic acids is 1. The molecule has 7 heteroatoms. The molecule has 2 N–H and O–H groups in total. The number of hydrogen-bond donors (Lipinski definition) is 2. The van der Waals surface area contributed by atoms with Crippen LogP contribution in [0.1, 0.15) is 29.8 Å². The third kappa shape index (κ3) is 5.07. The summed E-state index contributed by atoms with van der Waals surface area (Å²) in [5.74, 6) is 0.224. The third-order valence-corrected chi connectivity index (χ3v) is 3.34. The molecular formula is C16H16BrN3O3. The summed E-state index contributed by atoms with van der Waals surface area (Å²) in [7, 11) is 0. The van der Waals surface area contributed by atoms with Crippen molar-refractivity contribution in [3.63, 3.8) is 0 Å². The first-order valence-corrected chi connectivity index (χ1v) is 7.69. The van der Waals surface area contributed by atoms with Gasteiger partial charge in [0.25, 0.3) is 0 Å².